The van der Waals surface area contributed by atoms with Crippen LogP contribution in [0.25, 0.3) is 0 Å². The number of nitrogens with zero attached hydrogens (tertiary/aromatic N) is 1. The minimum atomic E-state index is -0.0754. The van der Waals surface area contributed by atoms with Crippen molar-refractivity contribution in [1.82, 2.24) is 10.2 Å². The van der Waals surface area contributed by atoms with Crippen molar-refractivity contribution in [3.8, 4) is 0 Å². The van der Waals surface area contributed by atoms with E-state index >= 15 is 0 Å². The van der Waals surface area contributed by atoms with E-state index < -0.39 is 0 Å². The van der Waals surface area contributed by atoms with Crippen molar-refractivity contribution < 1.29 is 9.90 Å². The van der Waals surface area contributed by atoms with E-state index in [1.165, 1.54) is 5.56 Å². The summed E-state index contributed by atoms with van der Waals surface area (Å²) in [6, 6.07) is 8.22. The predicted molar refractivity (Wildman–Crippen MR) is 79.6 cm³/mol. The summed E-state index contributed by atoms with van der Waals surface area (Å²) in [7, 11) is 0. The zero-order valence-electron chi connectivity index (χ0n) is 12.3. The maximum absolute atomic E-state index is 12.2. The first kappa shape index (κ1) is 14.9. The van der Waals surface area contributed by atoms with Crippen molar-refractivity contribution in [2.45, 2.75) is 45.2 Å². The number of hydrogen-bond donors (Lipinski definition) is 2. The van der Waals surface area contributed by atoms with Gasteiger partial charge in [0.05, 0.1) is 18.7 Å². The highest BCUT2D eigenvalue weighted by atomic mass is 16.3. The lowest BCUT2D eigenvalue weighted by Gasteiger charge is -2.25. The van der Waals surface area contributed by atoms with Gasteiger partial charge in [-0.05, 0) is 37.3 Å². The standard InChI is InChI=1S/C16H24N2O2/c1-3-13-6-8-14(9-7-13)12(2)17-16(20)18-10-4-5-15(18)11-19/h6-9,12,15,19H,3-5,10-11H2,1-2H3,(H,17,20). The Balaban J connectivity index is 1.96. The van der Waals surface area contributed by atoms with Crippen LogP contribution in [0.3, 0.4) is 0 Å². The molecule has 0 bridgehead atoms. The fourth-order valence-corrected chi connectivity index (χ4v) is 2.69. The third-order valence-corrected chi connectivity index (χ3v) is 4.08. The SMILES string of the molecule is CCc1ccc(C(C)NC(=O)N2CCCC2CO)cc1. The maximum Gasteiger partial charge on any atom is 0.318 e. The van der Waals surface area contributed by atoms with Crippen LogP contribution in [-0.2, 0) is 6.42 Å². The highest BCUT2D eigenvalue weighted by Gasteiger charge is 2.28. The Bertz CT molecular complexity index is 444. The third kappa shape index (κ3) is 3.31. The van der Waals surface area contributed by atoms with Gasteiger partial charge in [-0.2, -0.15) is 0 Å². The van der Waals surface area contributed by atoms with Gasteiger partial charge in [-0.3, -0.25) is 0 Å². The van der Waals surface area contributed by atoms with E-state index in [9.17, 15) is 9.90 Å². The van der Waals surface area contributed by atoms with Crippen LogP contribution in [0.4, 0.5) is 4.79 Å². The molecule has 4 nitrogen and oxygen atoms in total. The Kier molecular flexibility index (Phi) is 5.01. The number of aliphatic hydroxyl groups excluding tert-OH is 1. The summed E-state index contributed by atoms with van der Waals surface area (Å²) in [6.45, 7) is 4.90. The zero-order valence-corrected chi connectivity index (χ0v) is 12.3. The molecule has 20 heavy (non-hydrogen) atoms. The summed E-state index contributed by atoms with van der Waals surface area (Å²) in [6.07, 6.45) is 2.88. The van der Waals surface area contributed by atoms with Crippen molar-refractivity contribution in [3.63, 3.8) is 0 Å². The summed E-state index contributed by atoms with van der Waals surface area (Å²) in [5.74, 6) is 0. The van der Waals surface area contributed by atoms with Crippen molar-refractivity contribution in [3.05, 3.63) is 35.4 Å². The number of amides is 2. The second-order valence-corrected chi connectivity index (χ2v) is 5.44. The number of aryl methyl sites for hydroxylation is 1. The average molecular weight is 276 g/mol. The molecule has 0 aliphatic carbocycles. The fourth-order valence-electron chi connectivity index (χ4n) is 2.69. The van der Waals surface area contributed by atoms with Gasteiger partial charge in [0, 0.05) is 6.54 Å². The number of hydrogen-bond acceptors (Lipinski definition) is 2. The van der Waals surface area contributed by atoms with Gasteiger partial charge in [-0.25, -0.2) is 4.79 Å². The zero-order chi connectivity index (χ0) is 14.5. The van der Waals surface area contributed by atoms with Gasteiger partial charge in [0.2, 0.25) is 0 Å². The van der Waals surface area contributed by atoms with Crippen molar-refractivity contribution in [1.29, 1.82) is 0 Å². The molecule has 1 aliphatic heterocycles. The minimum absolute atomic E-state index is 0.0200. The molecule has 1 aliphatic rings. The number of nitrogens with one attached hydrogen (secondary N) is 1. The van der Waals surface area contributed by atoms with Gasteiger partial charge in [0.15, 0.2) is 0 Å². The largest absolute Gasteiger partial charge is 0.394 e. The molecule has 1 aromatic rings. The van der Waals surface area contributed by atoms with E-state index in [-0.39, 0.29) is 24.7 Å². The van der Waals surface area contributed by atoms with Crippen LogP contribution in [0.15, 0.2) is 24.3 Å². The molecule has 110 valence electrons. The molecule has 0 radical (unpaired) electrons. The second kappa shape index (κ2) is 6.75. The fraction of sp³-hybridized carbons (Fsp3) is 0.562. The number of likely N-dealkylation sites (tertiary alicyclic amines) is 1. The molecule has 1 heterocycles. The smallest absolute Gasteiger partial charge is 0.318 e. The van der Waals surface area contributed by atoms with Crippen LogP contribution >= 0.6 is 0 Å². The molecule has 0 spiro atoms. The number of carbonyl (C=O) groups excluding carboxylic acids is 1. The van der Waals surface area contributed by atoms with E-state index in [4.69, 9.17) is 0 Å². The van der Waals surface area contributed by atoms with Gasteiger partial charge in [0.25, 0.3) is 0 Å². The average Bonchev–Trinajstić information content (AvgIpc) is 2.95. The van der Waals surface area contributed by atoms with Crippen molar-refractivity contribution >= 4 is 6.03 Å². The van der Waals surface area contributed by atoms with E-state index in [2.05, 4.69) is 36.5 Å². The second-order valence-electron chi connectivity index (χ2n) is 5.44. The van der Waals surface area contributed by atoms with Gasteiger partial charge >= 0.3 is 6.03 Å². The molecular weight excluding hydrogens is 252 g/mol. The first-order chi connectivity index (χ1) is 9.65. The van der Waals surface area contributed by atoms with Crippen molar-refractivity contribution in [2.75, 3.05) is 13.2 Å². The molecule has 2 atom stereocenters. The lowest BCUT2D eigenvalue weighted by molar-refractivity contribution is 0.155. The summed E-state index contributed by atoms with van der Waals surface area (Å²) in [5, 5.41) is 12.3. The normalized spacial score (nSPS) is 19.9. The van der Waals surface area contributed by atoms with Gasteiger partial charge in [-0.15, -0.1) is 0 Å². The molecule has 0 saturated carbocycles. The predicted octanol–water partition coefficient (Wildman–Crippen LogP) is 2.48. The monoisotopic (exact) mass is 276 g/mol. The van der Waals surface area contributed by atoms with Crippen molar-refractivity contribution in [2.24, 2.45) is 0 Å². The molecule has 2 rings (SSSR count). The van der Waals surface area contributed by atoms with Gasteiger partial charge in [0.1, 0.15) is 0 Å². The van der Waals surface area contributed by atoms with Crippen LogP contribution in [-0.4, -0.2) is 35.2 Å². The first-order valence-corrected chi connectivity index (χ1v) is 7.42. The lowest BCUT2D eigenvalue weighted by Crippen LogP contribution is -2.44. The number of benzene rings is 1. The number of carbonyl (C=O) groups is 1. The molecule has 1 saturated heterocycles. The molecule has 1 fully saturated rings. The van der Waals surface area contributed by atoms with Crippen LogP contribution in [0.1, 0.15) is 43.9 Å². The molecule has 2 N–H and O–H groups in total. The molecular formula is C16H24N2O2. The lowest BCUT2D eigenvalue weighted by atomic mass is 10.1. The van der Waals surface area contributed by atoms with Crippen LogP contribution < -0.4 is 5.32 Å². The highest BCUT2D eigenvalue weighted by Crippen LogP contribution is 2.19. The molecule has 1 aromatic carbocycles. The Morgan fingerprint density at radius 3 is 2.75 bits per heavy atom. The molecule has 2 unspecified atom stereocenters. The first-order valence-electron chi connectivity index (χ1n) is 7.42. The Hall–Kier alpha value is -1.55. The molecule has 2 amide bonds. The number of rotatable bonds is 4. The Morgan fingerprint density at radius 2 is 2.15 bits per heavy atom. The van der Waals surface area contributed by atoms with Gasteiger partial charge in [-0.1, -0.05) is 31.2 Å². The summed E-state index contributed by atoms with van der Waals surface area (Å²) < 4.78 is 0. The topological polar surface area (TPSA) is 52.6 Å². The van der Waals surface area contributed by atoms with E-state index in [1.807, 2.05) is 6.92 Å². The Labute approximate surface area is 120 Å². The van der Waals surface area contributed by atoms with E-state index in [1.54, 1.807) is 4.90 Å². The highest BCUT2D eigenvalue weighted by molar-refractivity contribution is 5.75. The minimum Gasteiger partial charge on any atom is -0.394 e. The van der Waals surface area contributed by atoms with E-state index in [0.29, 0.717) is 0 Å². The third-order valence-electron chi connectivity index (χ3n) is 4.08. The van der Waals surface area contributed by atoms with Gasteiger partial charge < -0.3 is 15.3 Å². The summed E-state index contributed by atoms with van der Waals surface area (Å²) >= 11 is 0. The summed E-state index contributed by atoms with van der Waals surface area (Å²) in [5.41, 5.74) is 2.41. The number of urea groups is 1. The molecule has 0 aromatic heterocycles. The van der Waals surface area contributed by atoms with Crippen LogP contribution in [0.2, 0.25) is 0 Å². The summed E-state index contributed by atoms with van der Waals surface area (Å²) in [4.78, 5) is 14.0. The van der Waals surface area contributed by atoms with Crippen LogP contribution in [0, 0.1) is 0 Å². The van der Waals surface area contributed by atoms with Crippen LogP contribution in [0.5, 0.6) is 0 Å². The van der Waals surface area contributed by atoms with E-state index in [0.717, 1.165) is 31.4 Å². The molecule has 4 heteroatoms. The number of aliphatic hydroxyl groups is 1. The Morgan fingerprint density at radius 1 is 1.45 bits per heavy atom. The quantitative estimate of drug-likeness (QED) is 0.887. The maximum atomic E-state index is 12.2.